The number of thioether (sulfide) groups is 1. The molecule has 0 radical (unpaired) electrons. The molecule has 1 saturated carbocycles. The van der Waals surface area contributed by atoms with Crippen LogP contribution in [0.1, 0.15) is 24.4 Å². The summed E-state index contributed by atoms with van der Waals surface area (Å²) < 4.78 is 29.6. The summed E-state index contributed by atoms with van der Waals surface area (Å²) in [5.74, 6) is -0.813. The lowest BCUT2D eigenvalue weighted by Crippen LogP contribution is -2.28. The van der Waals surface area contributed by atoms with Crippen molar-refractivity contribution in [1.82, 2.24) is 4.90 Å². The molecule has 18 heavy (non-hydrogen) atoms. The van der Waals surface area contributed by atoms with E-state index in [1.165, 1.54) is 0 Å². The highest BCUT2D eigenvalue weighted by atomic mass is 32.2. The number of alkyl halides is 2. The van der Waals surface area contributed by atoms with Gasteiger partial charge in [-0.3, -0.25) is 4.90 Å². The molecule has 0 spiro atoms. The lowest BCUT2D eigenvalue weighted by molar-refractivity contribution is 0.173. The second-order valence-corrected chi connectivity index (χ2v) is 5.34. The zero-order valence-electron chi connectivity index (χ0n) is 10.0. The van der Waals surface area contributed by atoms with E-state index in [1.807, 2.05) is 6.07 Å². The quantitative estimate of drug-likeness (QED) is 0.792. The molecule has 0 atom stereocenters. The van der Waals surface area contributed by atoms with Crippen molar-refractivity contribution in [3.8, 4) is 0 Å². The molecule has 0 unspecified atom stereocenters. The molecule has 1 aliphatic carbocycles. The lowest BCUT2D eigenvalue weighted by atomic mass is 10.3. The Morgan fingerprint density at radius 1 is 1.39 bits per heavy atom. The van der Waals surface area contributed by atoms with Crippen LogP contribution < -0.4 is 0 Å². The molecule has 3 nitrogen and oxygen atoms in total. The summed E-state index contributed by atoms with van der Waals surface area (Å²) >= 11 is 0.565. The van der Waals surface area contributed by atoms with Gasteiger partial charge in [0.05, 0.1) is 18.9 Å². The maximum Gasteiger partial charge on any atom is 0.284 e. The van der Waals surface area contributed by atoms with E-state index in [2.05, 4.69) is 4.90 Å². The number of nitrogens with zero attached hydrogens (tertiary/aromatic N) is 1. The molecule has 102 valence electrons. The van der Waals surface area contributed by atoms with Gasteiger partial charge in [0, 0.05) is 12.6 Å². The van der Waals surface area contributed by atoms with Crippen LogP contribution in [0.3, 0.4) is 0 Å². The molecule has 0 aliphatic heterocycles. The van der Waals surface area contributed by atoms with Crippen LogP contribution in [0.25, 0.3) is 0 Å². The summed E-state index contributed by atoms with van der Waals surface area (Å²) in [6.07, 6.45) is 2.32. The van der Waals surface area contributed by atoms with Crippen molar-refractivity contribution in [2.75, 3.05) is 13.2 Å². The van der Waals surface area contributed by atoms with Gasteiger partial charge in [0.1, 0.15) is 11.5 Å². The second kappa shape index (κ2) is 6.54. The Hall–Kier alpha value is -0.590. The SMILES string of the molecule is OCCN(Cc1ccc(CSC(F)F)o1)C1CC1. The molecule has 6 heteroatoms. The van der Waals surface area contributed by atoms with E-state index >= 15 is 0 Å². The van der Waals surface area contributed by atoms with Crippen molar-refractivity contribution in [2.24, 2.45) is 0 Å². The molecule has 1 aromatic rings. The predicted molar refractivity (Wildman–Crippen MR) is 66.5 cm³/mol. The normalized spacial score (nSPS) is 15.8. The maximum absolute atomic E-state index is 12.0. The highest BCUT2D eigenvalue weighted by molar-refractivity contribution is 7.98. The number of hydrogen-bond acceptors (Lipinski definition) is 4. The maximum atomic E-state index is 12.0. The Balaban J connectivity index is 1.84. The van der Waals surface area contributed by atoms with Gasteiger partial charge in [0.25, 0.3) is 5.76 Å². The summed E-state index contributed by atoms with van der Waals surface area (Å²) in [4.78, 5) is 2.17. The van der Waals surface area contributed by atoms with E-state index in [-0.39, 0.29) is 12.4 Å². The first kappa shape index (κ1) is 13.8. The van der Waals surface area contributed by atoms with Crippen molar-refractivity contribution in [3.63, 3.8) is 0 Å². The van der Waals surface area contributed by atoms with Gasteiger partial charge in [0.15, 0.2) is 0 Å². The molecule has 0 amide bonds. The molecule has 1 aromatic heterocycles. The third-order valence-electron chi connectivity index (χ3n) is 2.88. The van der Waals surface area contributed by atoms with Crippen LogP contribution in [0.5, 0.6) is 0 Å². The zero-order chi connectivity index (χ0) is 13.0. The molecule has 0 aromatic carbocycles. The van der Waals surface area contributed by atoms with Crippen LogP contribution in [0, 0.1) is 0 Å². The van der Waals surface area contributed by atoms with E-state index < -0.39 is 5.76 Å². The molecule has 1 fully saturated rings. The highest BCUT2D eigenvalue weighted by Gasteiger charge is 2.29. The minimum atomic E-state index is -2.36. The van der Waals surface area contributed by atoms with E-state index in [0.29, 0.717) is 36.7 Å². The fraction of sp³-hybridized carbons (Fsp3) is 0.667. The third-order valence-corrected chi connectivity index (χ3v) is 3.58. The Morgan fingerprint density at radius 2 is 2.11 bits per heavy atom. The zero-order valence-corrected chi connectivity index (χ0v) is 10.8. The van der Waals surface area contributed by atoms with Crippen molar-refractivity contribution in [1.29, 1.82) is 0 Å². The van der Waals surface area contributed by atoms with Crippen LogP contribution in [0.4, 0.5) is 8.78 Å². The smallest absolute Gasteiger partial charge is 0.284 e. The first-order valence-corrected chi connectivity index (χ1v) is 7.06. The van der Waals surface area contributed by atoms with Gasteiger partial charge in [-0.15, -0.1) is 0 Å². The topological polar surface area (TPSA) is 36.6 Å². The Labute approximate surface area is 109 Å². The van der Waals surface area contributed by atoms with E-state index in [0.717, 1.165) is 18.6 Å². The molecular formula is C12H17F2NO2S. The first-order chi connectivity index (χ1) is 8.69. The molecule has 1 N–H and O–H groups in total. The molecule has 0 bridgehead atoms. The summed E-state index contributed by atoms with van der Waals surface area (Å²) in [5, 5.41) is 8.98. The van der Waals surface area contributed by atoms with Gasteiger partial charge < -0.3 is 9.52 Å². The Morgan fingerprint density at radius 3 is 2.72 bits per heavy atom. The van der Waals surface area contributed by atoms with Gasteiger partial charge in [0.2, 0.25) is 0 Å². The third kappa shape index (κ3) is 4.26. The second-order valence-electron chi connectivity index (χ2n) is 4.36. The lowest BCUT2D eigenvalue weighted by Gasteiger charge is -2.19. The monoisotopic (exact) mass is 277 g/mol. The van der Waals surface area contributed by atoms with Gasteiger partial charge in [-0.05, 0) is 25.0 Å². The summed E-state index contributed by atoms with van der Waals surface area (Å²) in [6, 6.07) is 4.11. The summed E-state index contributed by atoms with van der Waals surface area (Å²) in [7, 11) is 0. The highest BCUT2D eigenvalue weighted by Crippen LogP contribution is 2.28. The Kier molecular flexibility index (Phi) is 5.03. The number of rotatable bonds is 8. The molecule has 0 saturated heterocycles. The van der Waals surface area contributed by atoms with Crippen molar-refractivity contribution >= 4 is 11.8 Å². The van der Waals surface area contributed by atoms with Crippen molar-refractivity contribution in [3.05, 3.63) is 23.7 Å². The van der Waals surface area contributed by atoms with Crippen LogP contribution in [0.15, 0.2) is 16.5 Å². The molecular weight excluding hydrogens is 260 g/mol. The number of halogens is 2. The van der Waals surface area contributed by atoms with E-state index in [9.17, 15) is 8.78 Å². The average Bonchev–Trinajstić information content (AvgIpc) is 3.08. The van der Waals surface area contributed by atoms with E-state index in [4.69, 9.17) is 9.52 Å². The fourth-order valence-electron chi connectivity index (χ4n) is 1.89. The van der Waals surface area contributed by atoms with Gasteiger partial charge >= 0.3 is 0 Å². The largest absolute Gasteiger partial charge is 0.464 e. The minimum absolute atomic E-state index is 0.130. The van der Waals surface area contributed by atoms with Gasteiger partial charge in [-0.25, -0.2) is 0 Å². The number of hydrogen-bond donors (Lipinski definition) is 1. The molecule has 1 aliphatic rings. The van der Waals surface area contributed by atoms with Crippen molar-refractivity contribution in [2.45, 2.75) is 36.9 Å². The van der Waals surface area contributed by atoms with Crippen LogP contribution in [0.2, 0.25) is 0 Å². The number of furan rings is 1. The van der Waals surface area contributed by atoms with Crippen LogP contribution >= 0.6 is 11.8 Å². The van der Waals surface area contributed by atoms with E-state index in [1.54, 1.807) is 6.07 Å². The predicted octanol–water partition coefficient (Wildman–Crippen LogP) is 2.69. The average molecular weight is 277 g/mol. The standard InChI is InChI=1S/C12H17F2NO2S/c13-12(14)18-8-11-4-3-10(17-11)7-15(5-6-16)9-1-2-9/h3-4,9,12,16H,1-2,5-8H2. The van der Waals surface area contributed by atoms with Gasteiger partial charge in [-0.1, -0.05) is 11.8 Å². The minimum Gasteiger partial charge on any atom is -0.464 e. The number of aliphatic hydroxyl groups excluding tert-OH is 1. The first-order valence-electron chi connectivity index (χ1n) is 6.01. The van der Waals surface area contributed by atoms with Crippen molar-refractivity contribution < 1.29 is 18.3 Å². The molecule has 2 rings (SSSR count). The van der Waals surface area contributed by atoms with Gasteiger partial charge in [-0.2, -0.15) is 8.78 Å². The summed E-state index contributed by atoms with van der Waals surface area (Å²) in [6.45, 7) is 1.41. The molecule has 1 heterocycles. The fourth-order valence-corrected chi connectivity index (χ4v) is 2.33. The number of aliphatic hydroxyl groups is 1. The van der Waals surface area contributed by atoms with Crippen LogP contribution in [-0.4, -0.2) is 35.0 Å². The summed E-state index contributed by atoms with van der Waals surface area (Å²) in [5.41, 5.74) is 0. The van der Waals surface area contributed by atoms with Crippen LogP contribution in [-0.2, 0) is 12.3 Å². The Bertz CT molecular complexity index is 369.